The van der Waals surface area contributed by atoms with Crippen molar-refractivity contribution < 1.29 is 9.53 Å². The largest absolute Gasteiger partial charge is 0.373 e. The lowest BCUT2D eigenvalue weighted by atomic mass is 10.1. The quantitative estimate of drug-likeness (QED) is 0.878. The summed E-state index contributed by atoms with van der Waals surface area (Å²) in [7, 11) is 0. The van der Waals surface area contributed by atoms with Crippen molar-refractivity contribution in [1.82, 2.24) is 20.2 Å². The maximum atomic E-state index is 11.9. The van der Waals surface area contributed by atoms with Crippen LogP contribution in [-0.4, -0.2) is 58.7 Å². The summed E-state index contributed by atoms with van der Waals surface area (Å²) in [5.74, 6) is -0.181. The molecule has 20 heavy (non-hydrogen) atoms. The third kappa shape index (κ3) is 3.98. The number of nitrogens with zero attached hydrogens (tertiary/aromatic N) is 3. The van der Waals surface area contributed by atoms with E-state index in [1.54, 1.807) is 6.20 Å². The number of aromatic nitrogens is 2. The van der Waals surface area contributed by atoms with Crippen LogP contribution in [0.4, 0.5) is 0 Å². The second-order valence-electron chi connectivity index (χ2n) is 5.36. The standard InChI is InChI=1S/C14H22N4O2/c1-10(18-8-11(2)20-12(3)9-18)6-17-14(19)13-7-15-4-5-16-13/h4-5,7,10-12H,6,8-9H2,1-3H3,(H,17,19)/t10-,11+,12+/m0/s1. The molecule has 1 aliphatic heterocycles. The van der Waals surface area contributed by atoms with Crippen LogP contribution in [0.1, 0.15) is 31.3 Å². The average Bonchev–Trinajstić information content (AvgIpc) is 2.44. The second-order valence-corrected chi connectivity index (χ2v) is 5.36. The molecule has 0 spiro atoms. The predicted molar refractivity (Wildman–Crippen MR) is 75.4 cm³/mol. The Balaban J connectivity index is 1.83. The van der Waals surface area contributed by atoms with Gasteiger partial charge in [0.1, 0.15) is 5.69 Å². The number of ether oxygens (including phenoxy) is 1. The van der Waals surface area contributed by atoms with Gasteiger partial charge in [0.25, 0.3) is 5.91 Å². The average molecular weight is 278 g/mol. The minimum absolute atomic E-state index is 0.181. The number of carbonyl (C=O) groups excluding carboxylic acids is 1. The van der Waals surface area contributed by atoms with Crippen LogP contribution in [0, 0.1) is 0 Å². The Morgan fingerprint density at radius 3 is 2.75 bits per heavy atom. The maximum Gasteiger partial charge on any atom is 0.271 e. The van der Waals surface area contributed by atoms with Crippen molar-refractivity contribution in [1.29, 1.82) is 0 Å². The van der Waals surface area contributed by atoms with E-state index in [9.17, 15) is 4.79 Å². The molecule has 1 fully saturated rings. The van der Waals surface area contributed by atoms with Crippen LogP contribution >= 0.6 is 0 Å². The van der Waals surface area contributed by atoms with Gasteiger partial charge in [0.05, 0.1) is 18.4 Å². The molecule has 1 saturated heterocycles. The van der Waals surface area contributed by atoms with Gasteiger partial charge in [-0.3, -0.25) is 14.7 Å². The smallest absolute Gasteiger partial charge is 0.271 e. The molecule has 0 aromatic carbocycles. The number of morpholine rings is 1. The van der Waals surface area contributed by atoms with Crippen LogP contribution in [0.25, 0.3) is 0 Å². The Hall–Kier alpha value is -1.53. The van der Waals surface area contributed by atoms with Crippen molar-refractivity contribution in [2.24, 2.45) is 0 Å². The van der Waals surface area contributed by atoms with E-state index in [1.807, 2.05) is 0 Å². The summed E-state index contributed by atoms with van der Waals surface area (Å²) in [5.41, 5.74) is 0.350. The number of hydrogen-bond acceptors (Lipinski definition) is 5. The molecule has 0 unspecified atom stereocenters. The van der Waals surface area contributed by atoms with Crippen molar-refractivity contribution >= 4 is 5.91 Å². The van der Waals surface area contributed by atoms with Crippen LogP contribution in [0.3, 0.4) is 0 Å². The van der Waals surface area contributed by atoms with Crippen LogP contribution in [0.2, 0.25) is 0 Å². The van der Waals surface area contributed by atoms with E-state index in [0.29, 0.717) is 12.2 Å². The molecular formula is C14H22N4O2. The summed E-state index contributed by atoms with van der Waals surface area (Å²) in [6.45, 7) is 8.65. The van der Waals surface area contributed by atoms with E-state index in [-0.39, 0.29) is 24.2 Å². The molecule has 110 valence electrons. The van der Waals surface area contributed by atoms with Gasteiger partial charge >= 0.3 is 0 Å². The Labute approximate surface area is 119 Å². The number of rotatable bonds is 4. The van der Waals surface area contributed by atoms with E-state index in [2.05, 4.69) is 41.0 Å². The molecule has 2 rings (SSSR count). The van der Waals surface area contributed by atoms with Crippen molar-refractivity contribution in [3.8, 4) is 0 Å². The summed E-state index contributed by atoms with van der Waals surface area (Å²) in [4.78, 5) is 22.1. The van der Waals surface area contributed by atoms with Gasteiger partial charge in [-0.1, -0.05) is 0 Å². The Morgan fingerprint density at radius 2 is 2.15 bits per heavy atom. The molecule has 1 amide bonds. The molecular weight excluding hydrogens is 256 g/mol. The normalized spacial score (nSPS) is 25.1. The lowest BCUT2D eigenvalue weighted by Crippen LogP contribution is -2.52. The van der Waals surface area contributed by atoms with Crippen molar-refractivity contribution in [2.75, 3.05) is 19.6 Å². The lowest BCUT2D eigenvalue weighted by Gasteiger charge is -2.38. The number of nitrogens with one attached hydrogen (secondary N) is 1. The predicted octanol–water partition coefficient (Wildman–Crippen LogP) is 0.704. The molecule has 1 aliphatic rings. The molecule has 6 heteroatoms. The minimum atomic E-state index is -0.181. The van der Waals surface area contributed by atoms with Crippen LogP contribution in [0.5, 0.6) is 0 Å². The number of hydrogen-bond donors (Lipinski definition) is 1. The maximum absolute atomic E-state index is 11.9. The van der Waals surface area contributed by atoms with E-state index < -0.39 is 0 Å². The Morgan fingerprint density at radius 1 is 1.45 bits per heavy atom. The van der Waals surface area contributed by atoms with Gasteiger partial charge < -0.3 is 10.1 Å². The fourth-order valence-corrected chi connectivity index (χ4v) is 2.45. The van der Waals surface area contributed by atoms with Crippen molar-refractivity contribution in [3.63, 3.8) is 0 Å². The minimum Gasteiger partial charge on any atom is -0.373 e. The highest BCUT2D eigenvalue weighted by atomic mass is 16.5. The van der Waals surface area contributed by atoms with Crippen molar-refractivity contribution in [3.05, 3.63) is 24.3 Å². The SMILES string of the molecule is C[C@@H]1CN([C@@H](C)CNC(=O)c2cnccn2)C[C@@H](C)O1. The zero-order valence-electron chi connectivity index (χ0n) is 12.2. The first-order valence-electron chi connectivity index (χ1n) is 7.00. The first kappa shape index (κ1) is 14.9. The summed E-state index contributed by atoms with van der Waals surface area (Å²) >= 11 is 0. The highest BCUT2D eigenvalue weighted by Crippen LogP contribution is 2.13. The molecule has 3 atom stereocenters. The zero-order chi connectivity index (χ0) is 14.5. The molecule has 0 radical (unpaired) electrons. The third-order valence-corrected chi connectivity index (χ3v) is 3.43. The highest BCUT2D eigenvalue weighted by molar-refractivity contribution is 5.91. The summed E-state index contributed by atoms with van der Waals surface area (Å²) in [6, 6.07) is 0.268. The Bertz CT molecular complexity index is 430. The fourth-order valence-electron chi connectivity index (χ4n) is 2.45. The second kappa shape index (κ2) is 6.76. The topological polar surface area (TPSA) is 67.4 Å². The lowest BCUT2D eigenvalue weighted by molar-refractivity contribution is -0.0778. The number of amides is 1. The van der Waals surface area contributed by atoms with E-state index in [4.69, 9.17) is 4.74 Å². The summed E-state index contributed by atoms with van der Waals surface area (Å²) < 4.78 is 5.71. The van der Waals surface area contributed by atoms with Gasteiger partial charge in [0.15, 0.2) is 0 Å². The molecule has 1 N–H and O–H groups in total. The molecule has 2 heterocycles. The van der Waals surface area contributed by atoms with E-state index in [0.717, 1.165) is 13.1 Å². The monoisotopic (exact) mass is 278 g/mol. The van der Waals surface area contributed by atoms with Gasteiger partial charge in [-0.05, 0) is 20.8 Å². The molecule has 0 aliphatic carbocycles. The van der Waals surface area contributed by atoms with E-state index >= 15 is 0 Å². The fraction of sp³-hybridized carbons (Fsp3) is 0.643. The van der Waals surface area contributed by atoms with E-state index in [1.165, 1.54) is 12.4 Å². The van der Waals surface area contributed by atoms with Crippen LogP contribution < -0.4 is 5.32 Å². The third-order valence-electron chi connectivity index (χ3n) is 3.43. The zero-order valence-corrected chi connectivity index (χ0v) is 12.2. The van der Waals surface area contributed by atoms with Crippen LogP contribution in [-0.2, 0) is 4.74 Å². The highest BCUT2D eigenvalue weighted by Gasteiger charge is 2.25. The molecule has 6 nitrogen and oxygen atoms in total. The summed E-state index contributed by atoms with van der Waals surface area (Å²) in [5, 5.41) is 2.90. The molecule has 0 bridgehead atoms. The Kier molecular flexibility index (Phi) is 5.03. The first-order chi connectivity index (χ1) is 9.56. The van der Waals surface area contributed by atoms with Gasteiger partial charge in [0, 0.05) is 38.1 Å². The molecule has 0 saturated carbocycles. The van der Waals surface area contributed by atoms with Gasteiger partial charge in [-0.25, -0.2) is 4.98 Å². The van der Waals surface area contributed by atoms with Gasteiger partial charge in [0.2, 0.25) is 0 Å². The molecule has 1 aromatic heterocycles. The first-order valence-corrected chi connectivity index (χ1v) is 7.00. The van der Waals surface area contributed by atoms with Gasteiger partial charge in [-0.2, -0.15) is 0 Å². The van der Waals surface area contributed by atoms with Crippen molar-refractivity contribution in [2.45, 2.75) is 39.0 Å². The number of carbonyl (C=O) groups is 1. The van der Waals surface area contributed by atoms with Crippen LogP contribution in [0.15, 0.2) is 18.6 Å². The van der Waals surface area contributed by atoms with Gasteiger partial charge in [-0.15, -0.1) is 0 Å². The molecule has 1 aromatic rings. The summed E-state index contributed by atoms with van der Waals surface area (Å²) in [6.07, 6.45) is 5.01.